The number of aryl methyl sites for hydroxylation is 1. The summed E-state index contributed by atoms with van der Waals surface area (Å²) in [4.78, 5) is 20.9. The van der Waals surface area contributed by atoms with Crippen LogP contribution in [0.4, 0.5) is 11.4 Å². The van der Waals surface area contributed by atoms with E-state index in [1.54, 1.807) is 12.1 Å². The van der Waals surface area contributed by atoms with Gasteiger partial charge in [0.25, 0.3) is 0 Å². The molecular weight excluding hydrogens is 405 g/mol. The summed E-state index contributed by atoms with van der Waals surface area (Å²) in [5.74, 6) is 0.451. The maximum absolute atomic E-state index is 12.3. The highest BCUT2D eigenvalue weighted by Gasteiger charge is 2.19. The molecule has 0 atom stereocenters. The molecule has 0 bridgehead atoms. The van der Waals surface area contributed by atoms with E-state index in [0.29, 0.717) is 38.9 Å². The highest BCUT2D eigenvalue weighted by molar-refractivity contribution is 6.32. The van der Waals surface area contributed by atoms with Crippen molar-refractivity contribution in [2.24, 2.45) is 0 Å². The van der Waals surface area contributed by atoms with Crippen LogP contribution in [-0.2, 0) is 4.74 Å². The second-order valence-electron chi connectivity index (χ2n) is 5.67. The van der Waals surface area contributed by atoms with Gasteiger partial charge in [-0.3, -0.25) is 0 Å². The maximum Gasteiger partial charge on any atom is 0.341 e. The predicted molar refractivity (Wildman–Crippen MR) is 111 cm³/mol. The van der Waals surface area contributed by atoms with Gasteiger partial charge in [-0.2, -0.15) is 0 Å². The largest absolute Gasteiger partial charge is 0.495 e. The summed E-state index contributed by atoms with van der Waals surface area (Å²) in [5.41, 5.74) is 2.64. The van der Waals surface area contributed by atoms with Crippen LogP contribution in [0.25, 0.3) is 11.0 Å². The summed E-state index contributed by atoms with van der Waals surface area (Å²) >= 11 is 6.26. The van der Waals surface area contributed by atoms with Crippen molar-refractivity contribution in [3.05, 3.63) is 46.7 Å². The maximum atomic E-state index is 12.3. The number of pyridine rings is 2. The standard InChI is InChI=1S/C19H18ClN3O4.ClH/c1-10-5-6-11-17(12(19(24)27-4)9-21-18(11)22-10)23-14-7-13(20)15(25-2)8-16(14)26-3;/h5-9H,1-4H3,(H,21,22,23);1H. The number of halogens is 2. The summed E-state index contributed by atoms with van der Waals surface area (Å²) in [6.45, 7) is 1.87. The number of anilines is 2. The highest BCUT2D eigenvalue weighted by Crippen LogP contribution is 2.39. The quantitative estimate of drug-likeness (QED) is 0.602. The van der Waals surface area contributed by atoms with Crippen LogP contribution in [0.5, 0.6) is 11.5 Å². The molecular formula is C19H19Cl2N3O4. The zero-order valence-corrected chi connectivity index (χ0v) is 17.3. The summed E-state index contributed by atoms with van der Waals surface area (Å²) in [5, 5.41) is 4.28. The molecule has 0 saturated heterocycles. The molecule has 1 aromatic carbocycles. The van der Waals surface area contributed by atoms with E-state index >= 15 is 0 Å². The van der Waals surface area contributed by atoms with E-state index in [9.17, 15) is 4.79 Å². The Bertz CT molecular complexity index is 1030. The van der Waals surface area contributed by atoms with Gasteiger partial charge in [0.2, 0.25) is 0 Å². The number of ether oxygens (including phenoxy) is 3. The van der Waals surface area contributed by atoms with Crippen LogP contribution in [0.1, 0.15) is 16.1 Å². The second-order valence-corrected chi connectivity index (χ2v) is 6.08. The molecule has 148 valence electrons. The van der Waals surface area contributed by atoms with Crippen molar-refractivity contribution < 1.29 is 19.0 Å². The van der Waals surface area contributed by atoms with E-state index in [1.165, 1.54) is 27.5 Å². The SMILES string of the molecule is COC(=O)c1cnc2nc(C)ccc2c1Nc1cc(Cl)c(OC)cc1OC.Cl. The number of rotatable bonds is 5. The number of hydrogen-bond acceptors (Lipinski definition) is 7. The Balaban J connectivity index is 0.00000280. The van der Waals surface area contributed by atoms with Crippen molar-refractivity contribution in [1.82, 2.24) is 9.97 Å². The van der Waals surface area contributed by atoms with Gasteiger partial charge in [0.05, 0.1) is 37.7 Å². The number of fused-ring (bicyclic) bond motifs is 1. The number of nitrogens with zero attached hydrogens (tertiary/aromatic N) is 2. The first-order valence-corrected chi connectivity index (χ1v) is 8.39. The van der Waals surface area contributed by atoms with Gasteiger partial charge in [-0.25, -0.2) is 14.8 Å². The molecule has 3 aromatic rings. The number of benzene rings is 1. The molecule has 0 fully saturated rings. The molecule has 0 saturated carbocycles. The van der Waals surface area contributed by atoms with E-state index in [0.717, 1.165) is 5.69 Å². The summed E-state index contributed by atoms with van der Waals surface area (Å²) < 4.78 is 15.5. The molecule has 0 amide bonds. The molecule has 0 aliphatic carbocycles. The van der Waals surface area contributed by atoms with Crippen molar-refractivity contribution in [1.29, 1.82) is 0 Å². The van der Waals surface area contributed by atoms with Gasteiger partial charge in [-0.1, -0.05) is 11.6 Å². The third-order valence-electron chi connectivity index (χ3n) is 4.01. The lowest BCUT2D eigenvalue weighted by Gasteiger charge is -2.17. The second kappa shape index (κ2) is 8.95. The zero-order valence-electron chi connectivity index (χ0n) is 15.7. The van der Waals surface area contributed by atoms with Gasteiger partial charge >= 0.3 is 5.97 Å². The molecule has 9 heteroatoms. The lowest BCUT2D eigenvalue weighted by molar-refractivity contribution is 0.0601. The summed E-state index contributed by atoms with van der Waals surface area (Å²) in [6, 6.07) is 7.01. The molecule has 0 spiro atoms. The molecule has 0 aliphatic rings. The third kappa shape index (κ3) is 4.05. The fraction of sp³-hybridized carbons (Fsp3) is 0.211. The monoisotopic (exact) mass is 423 g/mol. The third-order valence-corrected chi connectivity index (χ3v) is 4.30. The number of carbonyl (C=O) groups excluding carboxylic acids is 1. The Kier molecular flexibility index (Phi) is 6.88. The first-order valence-electron chi connectivity index (χ1n) is 8.01. The van der Waals surface area contributed by atoms with E-state index in [2.05, 4.69) is 15.3 Å². The van der Waals surface area contributed by atoms with Gasteiger partial charge in [-0.15, -0.1) is 12.4 Å². The van der Waals surface area contributed by atoms with Crippen molar-refractivity contribution in [3.8, 4) is 11.5 Å². The fourth-order valence-electron chi connectivity index (χ4n) is 2.66. The van der Waals surface area contributed by atoms with Crippen LogP contribution in [0.2, 0.25) is 5.02 Å². The Morgan fingerprint density at radius 1 is 1.11 bits per heavy atom. The van der Waals surface area contributed by atoms with E-state index < -0.39 is 5.97 Å². The van der Waals surface area contributed by atoms with Crippen molar-refractivity contribution in [2.45, 2.75) is 6.92 Å². The molecule has 2 heterocycles. The number of aromatic nitrogens is 2. The van der Waals surface area contributed by atoms with E-state index in [-0.39, 0.29) is 18.0 Å². The summed E-state index contributed by atoms with van der Waals surface area (Å²) in [6.07, 6.45) is 1.43. The van der Waals surface area contributed by atoms with Crippen LogP contribution in [0.3, 0.4) is 0 Å². The normalized spacial score (nSPS) is 10.2. The Hall–Kier alpha value is -2.77. The van der Waals surface area contributed by atoms with Crippen LogP contribution in [-0.4, -0.2) is 37.3 Å². The Labute approximate surface area is 173 Å². The lowest BCUT2D eigenvalue weighted by atomic mass is 10.1. The molecule has 0 radical (unpaired) electrons. The summed E-state index contributed by atoms with van der Waals surface area (Å²) in [7, 11) is 4.37. The number of methoxy groups -OCH3 is 3. The minimum absolute atomic E-state index is 0. The average Bonchev–Trinajstić information content (AvgIpc) is 2.67. The average molecular weight is 424 g/mol. The highest BCUT2D eigenvalue weighted by atomic mass is 35.5. The first-order chi connectivity index (χ1) is 13.0. The Morgan fingerprint density at radius 3 is 2.46 bits per heavy atom. The van der Waals surface area contributed by atoms with Gasteiger partial charge in [0.1, 0.15) is 17.1 Å². The topological polar surface area (TPSA) is 82.6 Å². The predicted octanol–water partition coefficient (Wildman–Crippen LogP) is 4.56. The number of carbonyl (C=O) groups is 1. The van der Waals surface area contributed by atoms with E-state index in [1.807, 2.05) is 19.1 Å². The minimum atomic E-state index is -0.522. The van der Waals surface area contributed by atoms with Gasteiger partial charge in [0.15, 0.2) is 5.65 Å². The van der Waals surface area contributed by atoms with Crippen LogP contribution in [0.15, 0.2) is 30.5 Å². The number of hydrogen-bond donors (Lipinski definition) is 1. The zero-order chi connectivity index (χ0) is 19.6. The van der Waals surface area contributed by atoms with Gasteiger partial charge in [0, 0.05) is 23.3 Å². The Morgan fingerprint density at radius 2 is 1.82 bits per heavy atom. The van der Waals surface area contributed by atoms with Crippen molar-refractivity contribution in [3.63, 3.8) is 0 Å². The van der Waals surface area contributed by atoms with Crippen LogP contribution < -0.4 is 14.8 Å². The van der Waals surface area contributed by atoms with Gasteiger partial charge < -0.3 is 19.5 Å². The molecule has 2 aromatic heterocycles. The van der Waals surface area contributed by atoms with Crippen LogP contribution in [0, 0.1) is 6.92 Å². The molecule has 28 heavy (non-hydrogen) atoms. The fourth-order valence-corrected chi connectivity index (χ4v) is 2.90. The smallest absolute Gasteiger partial charge is 0.341 e. The number of nitrogens with one attached hydrogen (secondary N) is 1. The molecule has 1 N–H and O–H groups in total. The first kappa shape index (κ1) is 21.5. The molecule has 7 nitrogen and oxygen atoms in total. The molecule has 3 rings (SSSR count). The molecule has 0 unspecified atom stereocenters. The van der Waals surface area contributed by atoms with Gasteiger partial charge in [-0.05, 0) is 25.1 Å². The van der Waals surface area contributed by atoms with E-state index in [4.69, 9.17) is 25.8 Å². The molecule has 0 aliphatic heterocycles. The lowest BCUT2D eigenvalue weighted by Crippen LogP contribution is -2.08. The minimum Gasteiger partial charge on any atom is -0.495 e. The van der Waals surface area contributed by atoms with Crippen LogP contribution >= 0.6 is 24.0 Å². The van der Waals surface area contributed by atoms with Crippen molar-refractivity contribution in [2.75, 3.05) is 26.6 Å². The number of esters is 1. The van der Waals surface area contributed by atoms with Crippen molar-refractivity contribution >= 4 is 52.4 Å².